The number of fused-ring (bicyclic) bond motifs is 1. The Balaban J connectivity index is 2.04. The second-order valence-electron chi connectivity index (χ2n) is 4.74. The number of carboxylic acid groups (broad SMARTS) is 1. The number of thioether (sulfide) groups is 1. The molecule has 1 aliphatic heterocycles. The molecule has 5 nitrogen and oxygen atoms in total. The molecule has 3 rings (SSSR count). The van der Waals surface area contributed by atoms with Gasteiger partial charge in [-0.15, -0.1) is 11.3 Å². The maximum atomic E-state index is 11.2. The molecule has 7 heteroatoms. The number of thiophene rings is 1. The molecule has 2 unspecified atom stereocenters. The average Bonchev–Trinajstić information content (AvgIpc) is 2.95. The van der Waals surface area contributed by atoms with Crippen LogP contribution in [0.3, 0.4) is 0 Å². The van der Waals surface area contributed by atoms with Crippen molar-refractivity contribution in [1.82, 2.24) is 9.97 Å². The van der Waals surface area contributed by atoms with Crippen molar-refractivity contribution in [2.45, 2.75) is 36.6 Å². The summed E-state index contributed by atoms with van der Waals surface area (Å²) in [5, 5.41) is 11.3. The SMILES string of the molecule is Cc1c(C(=O)O)sc2ncnc(SC3CCOC3C)c12. The highest BCUT2D eigenvalue weighted by Crippen LogP contribution is 2.39. The number of aromatic nitrogens is 2. The standard InChI is InChI=1S/C13H14N2O3S2/c1-6-9-11(19-8-3-4-18-7(8)2)14-5-15-12(9)20-10(6)13(16)17/h5,7-8H,3-4H2,1-2H3,(H,16,17). The van der Waals surface area contributed by atoms with Gasteiger partial charge in [0.25, 0.3) is 0 Å². The van der Waals surface area contributed by atoms with Crippen LogP contribution >= 0.6 is 23.1 Å². The summed E-state index contributed by atoms with van der Waals surface area (Å²) >= 11 is 2.88. The van der Waals surface area contributed by atoms with Crippen molar-refractivity contribution >= 4 is 39.3 Å². The lowest BCUT2D eigenvalue weighted by Crippen LogP contribution is -2.13. The molecule has 2 aromatic rings. The second-order valence-corrected chi connectivity index (χ2v) is 6.97. The van der Waals surface area contributed by atoms with Crippen LogP contribution in [0, 0.1) is 6.92 Å². The quantitative estimate of drug-likeness (QED) is 0.879. The molecule has 20 heavy (non-hydrogen) atoms. The van der Waals surface area contributed by atoms with Gasteiger partial charge < -0.3 is 9.84 Å². The summed E-state index contributed by atoms with van der Waals surface area (Å²) in [6.45, 7) is 4.66. The molecule has 0 aliphatic carbocycles. The Kier molecular flexibility index (Phi) is 3.66. The molecule has 1 fully saturated rings. The first-order valence-electron chi connectivity index (χ1n) is 6.33. The lowest BCUT2D eigenvalue weighted by Gasteiger charge is -2.13. The third-order valence-electron chi connectivity index (χ3n) is 3.46. The second kappa shape index (κ2) is 5.31. The summed E-state index contributed by atoms with van der Waals surface area (Å²) < 4.78 is 5.57. The van der Waals surface area contributed by atoms with Crippen LogP contribution in [0.15, 0.2) is 11.4 Å². The van der Waals surface area contributed by atoms with Gasteiger partial charge in [-0.2, -0.15) is 0 Å². The van der Waals surface area contributed by atoms with Gasteiger partial charge in [-0.3, -0.25) is 0 Å². The molecular weight excluding hydrogens is 296 g/mol. The Bertz CT molecular complexity index is 671. The van der Waals surface area contributed by atoms with Gasteiger partial charge >= 0.3 is 5.97 Å². The van der Waals surface area contributed by atoms with Crippen LogP contribution in [0.1, 0.15) is 28.6 Å². The average molecular weight is 310 g/mol. The highest BCUT2D eigenvalue weighted by Gasteiger charge is 2.27. The molecule has 1 saturated heterocycles. The van der Waals surface area contributed by atoms with Crippen molar-refractivity contribution in [1.29, 1.82) is 0 Å². The lowest BCUT2D eigenvalue weighted by atomic mass is 10.2. The van der Waals surface area contributed by atoms with E-state index in [1.54, 1.807) is 11.8 Å². The number of aryl methyl sites for hydroxylation is 1. The third kappa shape index (κ3) is 2.30. The largest absolute Gasteiger partial charge is 0.477 e. The van der Waals surface area contributed by atoms with Gasteiger partial charge in [-0.05, 0) is 25.8 Å². The number of hydrogen-bond donors (Lipinski definition) is 1. The molecule has 2 atom stereocenters. The van der Waals surface area contributed by atoms with E-state index >= 15 is 0 Å². The smallest absolute Gasteiger partial charge is 0.346 e. The molecule has 0 spiro atoms. The predicted octanol–water partition coefficient (Wildman–Crippen LogP) is 2.97. The van der Waals surface area contributed by atoms with Gasteiger partial charge in [0.15, 0.2) is 0 Å². The summed E-state index contributed by atoms with van der Waals surface area (Å²) in [4.78, 5) is 20.9. The van der Waals surface area contributed by atoms with E-state index in [4.69, 9.17) is 4.74 Å². The van der Waals surface area contributed by atoms with Crippen LogP contribution in [0.4, 0.5) is 0 Å². The highest BCUT2D eigenvalue weighted by molar-refractivity contribution is 8.00. The van der Waals surface area contributed by atoms with E-state index in [1.807, 2.05) is 6.92 Å². The molecule has 3 heterocycles. The normalized spacial score (nSPS) is 22.5. The number of rotatable bonds is 3. The first-order chi connectivity index (χ1) is 9.58. The van der Waals surface area contributed by atoms with E-state index < -0.39 is 5.97 Å². The van der Waals surface area contributed by atoms with E-state index in [2.05, 4.69) is 16.9 Å². The monoisotopic (exact) mass is 310 g/mol. The van der Waals surface area contributed by atoms with Crippen LogP contribution in [-0.2, 0) is 4.74 Å². The van der Waals surface area contributed by atoms with E-state index in [-0.39, 0.29) is 6.10 Å². The van der Waals surface area contributed by atoms with Crippen molar-refractivity contribution < 1.29 is 14.6 Å². The molecule has 0 bridgehead atoms. The molecule has 106 valence electrons. The number of hydrogen-bond acceptors (Lipinski definition) is 6. The van der Waals surface area contributed by atoms with Crippen molar-refractivity contribution in [2.24, 2.45) is 0 Å². The maximum Gasteiger partial charge on any atom is 0.346 e. The Morgan fingerprint density at radius 3 is 3.00 bits per heavy atom. The van der Waals surface area contributed by atoms with E-state index in [9.17, 15) is 9.90 Å². The fourth-order valence-corrected chi connectivity index (χ4v) is 4.64. The van der Waals surface area contributed by atoms with Crippen molar-refractivity contribution in [3.8, 4) is 0 Å². The zero-order valence-corrected chi connectivity index (χ0v) is 12.8. The lowest BCUT2D eigenvalue weighted by molar-refractivity contribution is 0.0701. The number of aromatic carboxylic acids is 1. The topological polar surface area (TPSA) is 72.3 Å². The van der Waals surface area contributed by atoms with Crippen molar-refractivity contribution in [3.63, 3.8) is 0 Å². The van der Waals surface area contributed by atoms with Crippen LogP contribution in [-0.4, -0.2) is 39.0 Å². The Labute approximate surface area is 124 Å². The molecule has 0 aromatic carbocycles. The summed E-state index contributed by atoms with van der Waals surface area (Å²) in [6, 6.07) is 0. The van der Waals surface area contributed by atoms with Crippen LogP contribution in [0.5, 0.6) is 0 Å². The zero-order valence-electron chi connectivity index (χ0n) is 11.1. The summed E-state index contributed by atoms with van der Waals surface area (Å²) in [5.41, 5.74) is 0.757. The van der Waals surface area contributed by atoms with E-state index in [0.717, 1.165) is 33.8 Å². The highest BCUT2D eigenvalue weighted by atomic mass is 32.2. The van der Waals surface area contributed by atoms with Crippen LogP contribution < -0.4 is 0 Å². The molecule has 1 aliphatic rings. The molecule has 0 saturated carbocycles. The molecular formula is C13H14N2O3S2. The Hall–Kier alpha value is -1.18. The Morgan fingerprint density at radius 2 is 2.35 bits per heavy atom. The number of ether oxygens (including phenoxy) is 1. The van der Waals surface area contributed by atoms with Crippen LogP contribution in [0.2, 0.25) is 0 Å². The molecule has 1 N–H and O–H groups in total. The van der Waals surface area contributed by atoms with Gasteiger partial charge in [-0.25, -0.2) is 14.8 Å². The first-order valence-corrected chi connectivity index (χ1v) is 8.03. The Morgan fingerprint density at radius 1 is 1.55 bits per heavy atom. The van der Waals surface area contributed by atoms with Gasteiger partial charge in [0.05, 0.1) is 6.10 Å². The van der Waals surface area contributed by atoms with Gasteiger partial charge in [0.2, 0.25) is 0 Å². The minimum atomic E-state index is -0.904. The molecule has 0 radical (unpaired) electrons. The number of carboxylic acids is 1. The van der Waals surface area contributed by atoms with Gasteiger partial charge in [0, 0.05) is 17.2 Å². The number of carbonyl (C=O) groups is 1. The van der Waals surface area contributed by atoms with Crippen molar-refractivity contribution in [3.05, 3.63) is 16.8 Å². The molecule has 2 aromatic heterocycles. The molecule has 0 amide bonds. The van der Waals surface area contributed by atoms with Crippen molar-refractivity contribution in [2.75, 3.05) is 6.61 Å². The van der Waals surface area contributed by atoms with E-state index in [1.165, 1.54) is 17.7 Å². The summed E-state index contributed by atoms with van der Waals surface area (Å²) in [7, 11) is 0. The summed E-state index contributed by atoms with van der Waals surface area (Å²) in [5.74, 6) is -0.904. The van der Waals surface area contributed by atoms with Gasteiger partial charge in [0.1, 0.15) is 21.1 Å². The van der Waals surface area contributed by atoms with Gasteiger partial charge in [-0.1, -0.05) is 11.8 Å². The van der Waals surface area contributed by atoms with Crippen LogP contribution in [0.25, 0.3) is 10.2 Å². The zero-order chi connectivity index (χ0) is 14.3. The predicted molar refractivity (Wildman–Crippen MR) is 78.8 cm³/mol. The fourth-order valence-electron chi connectivity index (χ4n) is 2.34. The number of nitrogens with zero attached hydrogens (tertiary/aromatic N) is 2. The minimum Gasteiger partial charge on any atom is -0.477 e. The maximum absolute atomic E-state index is 11.2. The fraction of sp³-hybridized carbons (Fsp3) is 0.462. The summed E-state index contributed by atoms with van der Waals surface area (Å²) in [6.07, 6.45) is 2.70. The third-order valence-corrected chi connectivity index (χ3v) is 6.10. The minimum absolute atomic E-state index is 0.197. The first kappa shape index (κ1) is 13.8. The van der Waals surface area contributed by atoms with E-state index in [0.29, 0.717) is 10.1 Å².